The van der Waals surface area contributed by atoms with Crippen molar-refractivity contribution in [2.45, 2.75) is 29.9 Å². The Morgan fingerprint density at radius 2 is 2.20 bits per heavy atom. The molecule has 0 unspecified atom stereocenters. The molecular formula is C14H13ClN2O2S. The fourth-order valence-electron chi connectivity index (χ4n) is 1.82. The zero-order valence-corrected chi connectivity index (χ0v) is 12.3. The second kappa shape index (κ2) is 5.97. The highest BCUT2D eigenvalue weighted by molar-refractivity contribution is 7.98. The number of nitrogens with zero attached hydrogens (tertiary/aromatic N) is 2. The van der Waals surface area contributed by atoms with Gasteiger partial charge in [0, 0.05) is 10.8 Å². The second-order valence-corrected chi connectivity index (χ2v) is 6.17. The molecule has 0 spiro atoms. The number of hydrogen-bond donors (Lipinski definition) is 0. The lowest BCUT2D eigenvalue weighted by atomic mass is 10.2. The molecule has 1 aromatic heterocycles. The van der Waals surface area contributed by atoms with Gasteiger partial charge in [-0.2, -0.15) is 4.98 Å². The third kappa shape index (κ3) is 3.41. The molecule has 0 saturated heterocycles. The van der Waals surface area contributed by atoms with Crippen molar-refractivity contribution in [1.82, 2.24) is 10.1 Å². The number of benzene rings is 1. The van der Waals surface area contributed by atoms with Crippen LogP contribution in [0.25, 0.3) is 0 Å². The molecule has 1 fully saturated rings. The predicted octanol–water partition coefficient (Wildman–Crippen LogP) is 3.54. The van der Waals surface area contributed by atoms with Crippen LogP contribution in [0.1, 0.15) is 24.6 Å². The van der Waals surface area contributed by atoms with Crippen LogP contribution in [0.15, 0.2) is 33.7 Å². The van der Waals surface area contributed by atoms with Crippen LogP contribution in [-0.4, -0.2) is 15.9 Å². The molecule has 6 heteroatoms. The SMILES string of the molecule is O=C(Cc1nc(CSc2ccccc2Cl)no1)C1CC1. The Balaban J connectivity index is 1.57. The first-order valence-electron chi connectivity index (χ1n) is 6.44. The topological polar surface area (TPSA) is 56.0 Å². The van der Waals surface area contributed by atoms with E-state index in [9.17, 15) is 4.79 Å². The van der Waals surface area contributed by atoms with Crippen molar-refractivity contribution in [2.75, 3.05) is 0 Å². The van der Waals surface area contributed by atoms with E-state index in [1.807, 2.05) is 24.3 Å². The second-order valence-electron chi connectivity index (χ2n) is 4.74. The Bertz CT molecular complexity index is 625. The van der Waals surface area contributed by atoms with Crippen molar-refractivity contribution in [2.24, 2.45) is 5.92 Å². The summed E-state index contributed by atoms with van der Waals surface area (Å²) in [6.07, 6.45) is 2.26. The summed E-state index contributed by atoms with van der Waals surface area (Å²) in [5.74, 6) is 2.01. The van der Waals surface area contributed by atoms with Gasteiger partial charge in [0.25, 0.3) is 0 Å². The maximum Gasteiger partial charge on any atom is 0.234 e. The van der Waals surface area contributed by atoms with E-state index in [0.717, 1.165) is 17.7 Å². The van der Waals surface area contributed by atoms with E-state index in [4.69, 9.17) is 16.1 Å². The first-order chi connectivity index (χ1) is 9.72. The molecule has 0 atom stereocenters. The third-order valence-electron chi connectivity index (χ3n) is 3.06. The van der Waals surface area contributed by atoms with Gasteiger partial charge in [-0.15, -0.1) is 11.8 Å². The highest BCUT2D eigenvalue weighted by Gasteiger charge is 2.30. The summed E-state index contributed by atoms with van der Waals surface area (Å²) in [7, 11) is 0. The van der Waals surface area contributed by atoms with Gasteiger partial charge >= 0.3 is 0 Å². The fourth-order valence-corrected chi connectivity index (χ4v) is 2.91. The Labute approximate surface area is 125 Å². The molecule has 1 aliphatic rings. The van der Waals surface area contributed by atoms with Crippen molar-refractivity contribution in [1.29, 1.82) is 0 Å². The Morgan fingerprint density at radius 1 is 1.40 bits per heavy atom. The molecule has 0 amide bonds. The van der Waals surface area contributed by atoms with Crippen LogP contribution >= 0.6 is 23.4 Å². The van der Waals surface area contributed by atoms with E-state index < -0.39 is 0 Å². The molecule has 1 heterocycles. The number of carbonyl (C=O) groups excluding carboxylic acids is 1. The zero-order valence-electron chi connectivity index (χ0n) is 10.7. The van der Waals surface area contributed by atoms with Crippen LogP contribution in [0, 0.1) is 5.92 Å². The van der Waals surface area contributed by atoms with E-state index in [2.05, 4.69) is 10.1 Å². The average Bonchev–Trinajstić information content (AvgIpc) is 3.20. The molecule has 2 aromatic rings. The summed E-state index contributed by atoms with van der Waals surface area (Å²) >= 11 is 7.63. The number of halogens is 1. The molecule has 0 aliphatic heterocycles. The molecule has 0 bridgehead atoms. The average molecular weight is 309 g/mol. The molecule has 1 aliphatic carbocycles. The highest BCUT2D eigenvalue weighted by atomic mass is 35.5. The summed E-state index contributed by atoms with van der Waals surface area (Å²) in [5.41, 5.74) is 0. The lowest BCUT2D eigenvalue weighted by molar-refractivity contribution is -0.119. The van der Waals surface area contributed by atoms with E-state index in [-0.39, 0.29) is 18.1 Å². The predicted molar refractivity (Wildman–Crippen MR) is 76.7 cm³/mol. The van der Waals surface area contributed by atoms with Crippen molar-refractivity contribution < 1.29 is 9.32 Å². The first-order valence-corrected chi connectivity index (χ1v) is 7.80. The van der Waals surface area contributed by atoms with Crippen LogP contribution in [0.4, 0.5) is 0 Å². The van der Waals surface area contributed by atoms with Crippen LogP contribution in [0.5, 0.6) is 0 Å². The summed E-state index contributed by atoms with van der Waals surface area (Å²) in [6, 6.07) is 7.62. The molecule has 0 N–H and O–H groups in total. The normalized spacial score (nSPS) is 14.4. The molecule has 3 rings (SSSR count). The molecule has 4 nitrogen and oxygen atoms in total. The van der Waals surface area contributed by atoms with Crippen molar-refractivity contribution in [3.8, 4) is 0 Å². The minimum atomic E-state index is 0.207. The largest absolute Gasteiger partial charge is 0.339 e. The van der Waals surface area contributed by atoms with E-state index in [1.165, 1.54) is 0 Å². The molecule has 1 aromatic carbocycles. The van der Waals surface area contributed by atoms with Gasteiger partial charge in [-0.3, -0.25) is 4.79 Å². The summed E-state index contributed by atoms with van der Waals surface area (Å²) in [5, 5.41) is 4.60. The van der Waals surface area contributed by atoms with Crippen molar-refractivity contribution >= 4 is 29.1 Å². The monoisotopic (exact) mass is 308 g/mol. The van der Waals surface area contributed by atoms with Gasteiger partial charge in [0.05, 0.1) is 17.2 Å². The summed E-state index contributed by atoms with van der Waals surface area (Å²) in [6.45, 7) is 0. The molecular weight excluding hydrogens is 296 g/mol. The van der Waals surface area contributed by atoms with Crippen LogP contribution in [0.2, 0.25) is 5.02 Å². The lowest BCUT2D eigenvalue weighted by Gasteiger charge is -2.00. The van der Waals surface area contributed by atoms with Gasteiger partial charge < -0.3 is 4.52 Å². The number of rotatable bonds is 6. The molecule has 0 radical (unpaired) electrons. The van der Waals surface area contributed by atoms with Crippen LogP contribution in [-0.2, 0) is 17.0 Å². The molecule has 1 saturated carbocycles. The number of Topliss-reactive ketones (excluding diaryl/α,β-unsaturated/α-hetero) is 1. The van der Waals surface area contributed by atoms with Crippen molar-refractivity contribution in [3.63, 3.8) is 0 Å². The zero-order chi connectivity index (χ0) is 13.9. The number of aromatic nitrogens is 2. The van der Waals surface area contributed by atoms with Gasteiger partial charge in [-0.1, -0.05) is 28.9 Å². The van der Waals surface area contributed by atoms with E-state index in [1.54, 1.807) is 11.8 Å². The summed E-state index contributed by atoms with van der Waals surface area (Å²) < 4.78 is 5.10. The Morgan fingerprint density at radius 3 is 2.95 bits per heavy atom. The smallest absolute Gasteiger partial charge is 0.234 e. The maximum atomic E-state index is 11.7. The lowest BCUT2D eigenvalue weighted by Crippen LogP contribution is -2.04. The number of hydrogen-bond acceptors (Lipinski definition) is 5. The standard InChI is InChI=1S/C14H13ClN2O2S/c15-10-3-1-2-4-12(10)20-8-13-16-14(19-17-13)7-11(18)9-5-6-9/h1-4,9H,5-8H2. The highest BCUT2D eigenvalue weighted by Crippen LogP contribution is 2.31. The number of ketones is 1. The van der Waals surface area contributed by atoms with E-state index >= 15 is 0 Å². The summed E-state index contributed by atoms with van der Waals surface area (Å²) in [4.78, 5) is 16.9. The van der Waals surface area contributed by atoms with Crippen LogP contribution in [0.3, 0.4) is 0 Å². The van der Waals surface area contributed by atoms with Gasteiger partial charge in [0.1, 0.15) is 5.78 Å². The fraction of sp³-hybridized carbons (Fsp3) is 0.357. The van der Waals surface area contributed by atoms with E-state index in [0.29, 0.717) is 22.5 Å². The van der Waals surface area contributed by atoms with Crippen molar-refractivity contribution in [3.05, 3.63) is 41.0 Å². The quantitative estimate of drug-likeness (QED) is 0.764. The van der Waals surface area contributed by atoms with Gasteiger partial charge in [0.2, 0.25) is 5.89 Å². The van der Waals surface area contributed by atoms with Gasteiger partial charge in [-0.25, -0.2) is 0 Å². The minimum Gasteiger partial charge on any atom is -0.339 e. The first kappa shape index (κ1) is 13.6. The van der Waals surface area contributed by atoms with Gasteiger partial charge in [-0.05, 0) is 25.0 Å². The number of carbonyl (C=O) groups is 1. The molecule has 20 heavy (non-hydrogen) atoms. The minimum absolute atomic E-state index is 0.207. The Hall–Kier alpha value is -1.33. The van der Waals surface area contributed by atoms with Crippen LogP contribution < -0.4 is 0 Å². The third-order valence-corrected chi connectivity index (χ3v) is 4.57. The Kier molecular flexibility index (Phi) is 4.08. The maximum absolute atomic E-state index is 11.7. The molecule has 104 valence electrons. The van der Waals surface area contributed by atoms with Gasteiger partial charge in [0.15, 0.2) is 5.82 Å². The number of thioether (sulfide) groups is 1.